The van der Waals surface area contributed by atoms with Gasteiger partial charge in [0.15, 0.2) is 11.6 Å². The molecule has 0 spiro atoms. The smallest absolute Gasteiger partial charge is 0.224 e. The lowest BCUT2D eigenvalue weighted by atomic mass is 10.2. The molecule has 0 saturated heterocycles. The van der Waals surface area contributed by atoms with E-state index in [1.807, 2.05) is 12.1 Å². The van der Waals surface area contributed by atoms with Gasteiger partial charge in [-0.2, -0.15) is 0 Å². The highest BCUT2D eigenvalue weighted by molar-refractivity contribution is 5.90. The van der Waals surface area contributed by atoms with E-state index in [1.165, 1.54) is 6.07 Å². The summed E-state index contributed by atoms with van der Waals surface area (Å²) in [5, 5.41) is 5.85. The fourth-order valence-corrected chi connectivity index (χ4v) is 1.77. The third kappa shape index (κ3) is 4.27. The molecule has 0 aromatic heterocycles. The van der Waals surface area contributed by atoms with Crippen molar-refractivity contribution in [3.8, 4) is 0 Å². The molecule has 2 aromatic carbocycles. The van der Waals surface area contributed by atoms with E-state index in [-0.39, 0.29) is 5.91 Å². The van der Waals surface area contributed by atoms with E-state index in [1.54, 1.807) is 19.1 Å². The van der Waals surface area contributed by atoms with Crippen molar-refractivity contribution in [2.24, 2.45) is 0 Å². The third-order valence-corrected chi connectivity index (χ3v) is 2.97. The first-order valence-electron chi connectivity index (χ1n) is 6.66. The molecule has 0 aliphatic heterocycles. The maximum absolute atomic E-state index is 13.1. The molecular formula is C16H16F2N2O. The number of carbonyl (C=O) groups is 1. The lowest BCUT2D eigenvalue weighted by Crippen LogP contribution is -2.09. The molecule has 0 heterocycles. The van der Waals surface area contributed by atoms with E-state index in [0.717, 1.165) is 23.5 Å². The predicted molar refractivity (Wildman–Crippen MR) is 79.0 cm³/mol. The van der Waals surface area contributed by atoms with Crippen molar-refractivity contribution in [2.45, 2.75) is 19.9 Å². The Labute approximate surface area is 122 Å². The van der Waals surface area contributed by atoms with Crippen molar-refractivity contribution < 1.29 is 13.6 Å². The van der Waals surface area contributed by atoms with E-state index >= 15 is 0 Å². The SMILES string of the molecule is CCC(=O)Nc1ccc(NCc2ccc(F)c(F)c2)cc1. The van der Waals surface area contributed by atoms with Gasteiger partial charge in [0.25, 0.3) is 0 Å². The summed E-state index contributed by atoms with van der Waals surface area (Å²) in [6.07, 6.45) is 0.427. The Kier molecular flexibility index (Phi) is 4.87. The van der Waals surface area contributed by atoms with Gasteiger partial charge < -0.3 is 10.6 Å². The molecular weight excluding hydrogens is 274 g/mol. The number of anilines is 2. The Hall–Kier alpha value is -2.43. The summed E-state index contributed by atoms with van der Waals surface area (Å²) >= 11 is 0. The zero-order valence-electron chi connectivity index (χ0n) is 11.6. The van der Waals surface area contributed by atoms with E-state index < -0.39 is 11.6 Å². The highest BCUT2D eigenvalue weighted by Crippen LogP contribution is 2.15. The first-order chi connectivity index (χ1) is 10.1. The second kappa shape index (κ2) is 6.83. The molecule has 2 rings (SSSR count). The fourth-order valence-electron chi connectivity index (χ4n) is 1.77. The molecule has 0 aliphatic carbocycles. The Morgan fingerprint density at radius 2 is 1.67 bits per heavy atom. The monoisotopic (exact) mass is 290 g/mol. The number of nitrogens with one attached hydrogen (secondary N) is 2. The van der Waals surface area contributed by atoms with Crippen LogP contribution in [0.5, 0.6) is 0 Å². The van der Waals surface area contributed by atoms with Gasteiger partial charge in [-0.1, -0.05) is 13.0 Å². The first-order valence-corrected chi connectivity index (χ1v) is 6.66. The summed E-state index contributed by atoms with van der Waals surface area (Å²) in [7, 11) is 0. The van der Waals surface area contributed by atoms with Gasteiger partial charge in [-0.25, -0.2) is 8.78 Å². The molecule has 0 atom stereocenters. The maximum atomic E-state index is 13.1. The molecule has 3 nitrogen and oxygen atoms in total. The Morgan fingerprint density at radius 3 is 2.29 bits per heavy atom. The summed E-state index contributed by atoms with van der Waals surface area (Å²) in [6.45, 7) is 2.17. The van der Waals surface area contributed by atoms with Gasteiger partial charge in [0.2, 0.25) is 5.91 Å². The van der Waals surface area contributed by atoms with Crippen molar-refractivity contribution in [1.29, 1.82) is 0 Å². The van der Waals surface area contributed by atoms with E-state index in [4.69, 9.17) is 0 Å². The summed E-state index contributed by atoms with van der Waals surface area (Å²) < 4.78 is 25.9. The number of hydrogen-bond donors (Lipinski definition) is 2. The van der Waals surface area contributed by atoms with Crippen LogP contribution in [0, 0.1) is 11.6 Å². The number of amides is 1. The minimum atomic E-state index is -0.855. The number of carbonyl (C=O) groups excluding carboxylic acids is 1. The standard InChI is InChI=1S/C16H16F2N2O/c1-2-16(21)20-13-6-4-12(5-7-13)19-10-11-3-8-14(17)15(18)9-11/h3-9,19H,2,10H2,1H3,(H,20,21). The lowest BCUT2D eigenvalue weighted by molar-refractivity contribution is -0.115. The average Bonchev–Trinajstić information content (AvgIpc) is 2.50. The predicted octanol–water partition coefficient (Wildman–Crippen LogP) is 3.93. The van der Waals surface area contributed by atoms with Crippen LogP contribution >= 0.6 is 0 Å². The van der Waals surface area contributed by atoms with Crippen LogP contribution < -0.4 is 10.6 Å². The minimum Gasteiger partial charge on any atom is -0.381 e. The minimum absolute atomic E-state index is 0.0440. The Morgan fingerprint density at radius 1 is 1.00 bits per heavy atom. The van der Waals surface area contributed by atoms with Gasteiger partial charge in [0.1, 0.15) is 0 Å². The molecule has 0 aliphatic rings. The Bertz CT molecular complexity index is 627. The average molecular weight is 290 g/mol. The largest absolute Gasteiger partial charge is 0.381 e. The second-order valence-corrected chi connectivity index (χ2v) is 4.58. The summed E-state index contributed by atoms with van der Waals surface area (Å²) in [4.78, 5) is 11.2. The molecule has 0 fully saturated rings. The van der Waals surface area contributed by atoms with E-state index in [9.17, 15) is 13.6 Å². The molecule has 1 amide bonds. The van der Waals surface area contributed by atoms with Crippen molar-refractivity contribution >= 4 is 17.3 Å². The van der Waals surface area contributed by atoms with Gasteiger partial charge in [-0.05, 0) is 42.0 Å². The van der Waals surface area contributed by atoms with Crippen molar-refractivity contribution in [3.63, 3.8) is 0 Å². The molecule has 0 bridgehead atoms. The molecule has 5 heteroatoms. The quantitative estimate of drug-likeness (QED) is 0.876. The molecule has 0 saturated carbocycles. The zero-order valence-corrected chi connectivity index (χ0v) is 11.6. The van der Waals surface area contributed by atoms with E-state index in [0.29, 0.717) is 18.5 Å². The normalized spacial score (nSPS) is 10.2. The van der Waals surface area contributed by atoms with Gasteiger partial charge in [0, 0.05) is 24.3 Å². The van der Waals surface area contributed by atoms with Crippen LogP contribution in [0.3, 0.4) is 0 Å². The van der Waals surface area contributed by atoms with Crippen LogP contribution in [-0.4, -0.2) is 5.91 Å². The molecule has 0 unspecified atom stereocenters. The van der Waals surface area contributed by atoms with Gasteiger partial charge >= 0.3 is 0 Å². The second-order valence-electron chi connectivity index (χ2n) is 4.58. The molecule has 2 N–H and O–H groups in total. The fraction of sp³-hybridized carbons (Fsp3) is 0.188. The van der Waals surface area contributed by atoms with Crippen LogP contribution in [-0.2, 0) is 11.3 Å². The van der Waals surface area contributed by atoms with Crippen molar-refractivity contribution in [3.05, 3.63) is 59.7 Å². The molecule has 110 valence electrons. The number of hydrogen-bond acceptors (Lipinski definition) is 2. The number of benzene rings is 2. The summed E-state index contributed by atoms with van der Waals surface area (Å²) in [5.74, 6) is -1.75. The van der Waals surface area contributed by atoms with Gasteiger partial charge in [-0.3, -0.25) is 4.79 Å². The topological polar surface area (TPSA) is 41.1 Å². The lowest BCUT2D eigenvalue weighted by Gasteiger charge is -2.08. The van der Waals surface area contributed by atoms with E-state index in [2.05, 4.69) is 10.6 Å². The van der Waals surface area contributed by atoms with Crippen LogP contribution in [0.2, 0.25) is 0 Å². The summed E-state index contributed by atoms with van der Waals surface area (Å²) in [6, 6.07) is 11.0. The van der Waals surface area contributed by atoms with Crippen LogP contribution in [0.15, 0.2) is 42.5 Å². The number of halogens is 2. The first kappa shape index (κ1) is 15.0. The van der Waals surface area contributed by atoms with Crippen molar-refractivity contribution in [1.82, 2.24) is 0 Å². The highest BCUT2D eigenvalue weighted by atomic mass is 19.2. The van der Waals surface area contributed by atoms with Gasteiger partial charge in [0.05, 0.1) is 0 Å². The highest BCUT2D eigenvalue weighted by Gasteiger charge is 2.03. The number of rotatable bonds is 5. The van der Waals surface area contributed by atoms with Crippen molar-refractivity contribution in [2.75, 3.05) is 10.6 Å². The maximum Gasteiger partial charge on any atom is 0.224 e. The van der Waals surface area contributed by atoms with Crippen LogP contribution in [0.1, 0.15) is 18.9 Å². The molecule has 21 heavy (non-hydrogen) atoms. The molecule has 2 aromatic rings. The van der Waals surface area contributed by atoms with Crippen LogP contribution in [0.4, 0.5) is 20.2 Å². The Balaban J connectivity index is 1.94. The van der Waals surface area contributed by atoms with Gasteiger partial charge in [-0.15, -0.1) is 0 Å². The van der Waals surface area contributed by atoms with Crippen LogP contribution in [0.25, 0.3) is 0 Å². The third-order valence-electron chi connectivity index (χ3n) is 2.97. The molecule has 0 radical (unpaired) electrons. The summed E-state index contributed by atoms with van der Waals surface area (Å²) in [5.41, 5.74) is 2.20. The zero-order chi connectivity index (χ0) is 15.2.